The molecule has 1 fully saturated rings. The minimum absolute atomic E-state index is 0.0973. The summed E-state index contributed by atoms with van der Waals surface area (Å²) in [5.41, 5.74) is 15.4. The molecule has 5 N–H and O–H groups in total. The quantitative estimate of drug-likeness (QED) is 0.318. The molecule has 202 valence electrons. The molecule has 1 aliphatic rings. The number of piperazine rings is 1. The number of carbonyl (C=O) groups excluding carboxylic acids is 1. The van der Waals surface area contributed by atoms with Crippen molar-refractivity contribution in [2.45, 2.75) is 12.5 Å². The zero-order chi connectivity index (χ0) is 27.5. The van der Waals surface area contributed by atoms with Crippen LogP contribution in [-0.2, 0) is 11.2 Å². The lowest BCUT2D eigenvalue weighted by molar-refractivity contribution is -0.132. The minimum atomic E-state index is -0.675. The van der Waals surface area contributed by atoms with Gasteiger partial charge in [-0.25, -0.2) is 9.97 Å². The van der Waals surface area contributed by atoms with E-state index in [0.717, 1.165) is 11.1 Å². The number of methoxy groups -OCH3 is 2. The van der Waals surface area contributed by atoms with Crippen LogP contribution >= 0.6 is 0 Å². The number of phenolic OH excluding ortho intramolecular Hbond substituents is 1. The number of aromatic nitrogens is 4. The molecule has 0 unspecified atom stereocenters. The molecule has 5 rings (SSSR count). The SMILES string of the molecule is COc1ccc(-c2cnc3nc(N)nc(N4CCN(C(=O)[C@@H](N)Cc5ccc(O)cc5)CC4)c3n2)cc1OC. The summed E-state index contributed by atoms with van der Waals surface area (Å²) in [5, 5.41) is 9.47. The number of phenols is 1. The van der Waals surface area contributed by atoms with Crippen molar-refractivity contribution in [3.63, 3.8) is 0 Å². The van der Waals surface area contributed by atoms with Crippen LogP contribution in [0.2, 0.25) is 0 Å². The first-order valence-electron chi connectivity index (χ1n) is 12.5. The zero-order valence-corrected chi connectivity index (χ0v) is 21.7. The Balaban J connectivity index is 1.34. The second-order valence-electron chi connectivity index (χ2n) is 9.19. The molecule has 12 heteroatoms. The van der Waals surface area contributed by atoms with E-state index in [-0.39, 0.29) is 17.6 Å². The van der Waals surface area contributed by atoms with Crippen LogP contribution in [0.15, 0.2) is 48.7 Å². The second kappa shape index (κ2) is 11.0. The molecule has 0 radical (unpaired) electrons. The Kier molecular flexibility index (Phi) is 7.28. The third-order valence-electron chi connectivity index (χ3n) is 6.69. The Labute approximate surface area is 225 Å². The maximum absolute atomic E-state index is 13.0. The van der Waals surface area contributed by atoms with Gasteiger partial charge in [-0.05, 0) is 42.3 Å². The van der Waals surface area contributed by atoms with E-state index >= 15 is 0 Å². The fraction of sp³-hybridized carbons (Fsp3) is 0.296. The number of hydrogen-bond acceptors (Lipinski definition) is 11. The molecule has 0 saturated carbocycles. The predicted octanol–water partition coefficient (Wildman–Crippen LogP) is 1.61. The molecule has 3 heterocycles. The van der Waals surface area contributed by atoms with Crippen LogP contribution in [0.4, 0.5) is 11.8 Å². The van der Waals surface area contributed by atoms with Crippen molar-refractivity contribution in [3.8, 4) is 28.5 Å². The van der Waals surface area contributed by atoms with E-state index in [2.05, 4.69) is 15.0 Å². The number of amides is 1. The summed E-state index contributed by atoms with van der Waals surface area (Å²) in [5.74, 6) is 1.91. The highest BCUT2D eigenvalue weighted by atomic mass is 16.5. The lowest BCUT2D eigenvalue weighted by atomic mass is 10.0. The molecule has 2 aromatic carbocycles. The molecule has 1 aliphatic heterocycles. The fourth-order valence-corrected chi connectivity index (χ4v) is 4.61. The van der Waals surface area contributed by atoms with Gasteiger partial charge in [0.1, 0.15) is 5.75 Å². The summed E-state index contributed by atoms with van der Waals surface area (Å²) in [6.07, 6.45) is 2.02. The van der Waals surface area contributed by atoms with E-state index in [9.17, 15) is 9.90 Å². The summed E-state index contributed by atoms with van der Waals surface area (Å²) >= 11 is 0. The zero-order valence-electron chi connectivity index (χ0n) is 21.7. The van der Waals surface area contributed by atoms with Gasteiger partial charge in [0, 0.05) is 31.7 Å². The Morgan fingerprint density at radius 3 is 2.41 bits per heavy atom. The average Bonchev–Trinajstić information content (AvgIpc) is 2.97. The first-order valence-corrected chi connectivity index (χ1v) is 12.5. The van der Waals surface area contributed by atoms with Crippen LogP contribution in [0.1, 0.15) is 5.56 Å². The number of aromatic hydroxyl groups is 1. The number of anilines is 2. The molecule has 4 aromatic rings. The maximum Gasteiger partial charge on any atom is 0.239 e. The van der Waals surface area contributed by atoms with E-state index in [4.69, 9.17) is 25.9 Å². The van der Waals surface area contributed by atoms with Crippen LogP contribution in [0, 0.1) is 0 Å². The lowest BCUT2D eigenvalue weighted by Gasteiger charge is -2.36. The summed E-state index contributed by atoms with van der Waals surface area (Å²) in [7, 11) is 3.16. The molecule has 39 heavy (non-hydrogen) atoms. The highest BCUT2D eigenvalue weighted by Crippen LogP contribution is 2.33. The number of fused-ring (bicyclic) bond motifs is 1. The van der Waals surface area contributed by atoms with Crippen LogP contribution < -0.4 is 25.8 Å². The van der Waals surface area contributed by atoms with Crippen molar-refractivity contribution in [1.82, 2.24) is 24.8 Å². The standard InChI is InChI=1S/C27H30N8O4/c1-38-21-8-5-17(14-22(21)39-2)20-15-30-24-23(31-20)25(33-27(29)32-24)34-9-11-35(12-10-34)26(37)19(28)13-16-3-6-18(36)7-4-16/h3-8,14-15,19,36H,9-13,28H2,1-2H3,(H2,29,30,32,33)/t19-/m0/s1. The topological polar surface area (TPSA) is 166 Å². The first-order chi connectivity index (χ1) is 18.9. The summed E-state index contributed by atoms with van der Waals surface area (Å²) in [4.78, 5) is 34.9. The number of nitrogens with zero attached hydrogens (tertiary/aromatic N) is 6. The Morgan fingerprint density at radius 1 is 1.00 bits per heavy atom. The number of ether oxygens (including phenoxy) is 2. The van der Waals surface area contributed by atoms with Gasteiger partial charge in [0.2, 0.25) is 11.9 Å². The molecule has 1 saturated heterocycles. The Morgan fingerprint density at radius 2 is 1.72 bits per heavy atom. The van der Waals surface area contributed by atoms with Crippen LogP contribution in [-0.4, -0.2) is 82.3 Å². The van der Waals surface area contributed by atoms with Crippen molar-refractivity contribution in [2.75, 3.05) is 51.0 Å². The summed E-state index contributed by atoms with van der Waals surface area (Å²) in [6.45, 7) is 1.98. The number of carbonyl (C=O) groups is 1. The molecule has 2 aromatic heterocycles. The van der Waals surface area contributed by atoms with E-state index in [1.165, 1.54) is 0 Å². The molecule has 12 nitrogen and oxygen atoms in total. The van der Waals surface area contributed by atoms with Crippen molar-refractivity contribution in [3.05, 3.63) is 54.2 Å². The van der Waals surface area contributed by atoms with Crippen molar-refractivity contribution in [2.24, 2.45) is 5.73 Å². The highest BCUT2D eigenvalue weighted by molar-refractivity contribution is 5.86. The third kappa shape index (κ3) is 5.46. The van der Waals surface area contributed by atoms with Crippen molar-refractivity contribution in [1.29, 1.82) is 0 Å². The summed E-state index contributed by atoms with van der Waals surface area (Å²) in [6, 6.07) is 11.5. The van der Waals surface area contributed by atoms with Crippen LogP contribution in [0.25, 0.3) is 22.4 Å². The van der Waals surface area contributed by atoms with E-state index in [1.54, 1.807) is 49.6 Å². The highest BCUT2D eigenvalue weighted by Gasteiger charge is 2.27. The van der Waals surface area contributed by atoms with Gasteiger partial charge >= 0.3 is 0 Å². The molecule has 0 spiro atoms. The second-order valence-corrected chi connectivity index (χ2v) is 9.19. The maximum atomic E-state index is 13.0. The van der Waals surface area contributed by atoms with Gasteiger partial charge in [-0.15, -0.1) is 0 Å². The van der Waals surface area contributed by atoms with Gasteiger partial charge in [-0.1, -0.05) is 12.1 Å². The smallest absolute Gasteiger partial charge is 0.239 e. The monoisotopic (exact) mass is 530 g/mol. The molecule has 1 amide bonds. The van der Waals surface area contributed by atoms with Gasteiger partial charge in [-0.3, -0.25) is 4.79 Å². The van der Waals surface area contributed by atoms with Gasteiger partial charge in [0.15, 0.2) is 28.5 Å². The van der Waals surface area contributed by atoms with Crippen molar-refractivity contribution >= 4 is 28.8 Å². The van der Waals surface area contributed by atoms with Crippen LogP contribution in [0.3, 0.4) is 0 Å². The van der Waals surface area contributed by atoms with Gasteiger partial charge in [0.25, 0.3) is 0 Å². The number of rotatable bonds is 7. The minimum Gasteiger partial charge on any atom is -0.508 e. The molecule has 0 aliphatic carbocycles. The van der Waals surface area contributed by atoms with Crippen molar-refractivity contribution < 1.29 is 19.4 Å². The Hall–Kier alpha value is -4.71. The Bertz CT molecular complexity index is 1490. The number of benzene rings is 2. The predicted molar refractivity (Wildman–Crippen MR) is 147 cm³/mol. The van der Waals surface area contributed by atoms with E-state index in [0.29, 0.717) is 66.8 Å². The third-order valence-corrected chi connectivity index (χ3v) is 6.69. The number of nitrogen functional groups attached to an aromatic ring is 1. The van der Waals surface area contributed by atoms with E-state index < -0.39 is 6.04 Å². The van der Waals surface area contributed by atoms with Crippen LogP contribution in [0.5, 0.6) is 17.2 Å². The molecule has 0 bridgehead atoms. The number of hydrogen-bond donors (Lipinski definition) is 3. The lowest BCUT2D eigenvalue weighted by Crippen LogP contribution is -2.54. The summed E-state index contributed by atoms with van der Waals surface area (Å²) < 4.78 is 10.8. The molecular formula is C27H30N8O4. The fourth-order valence-electron chi connectivity index (χ4n) is 4.61. The first kappa shape index (κ1) is 25.9. The molecule has 1 atom stereocenters. The van der Waals surface area contributed by atoms with E-state index in [1.807, 2.05) is 23.1 Å². The molecular weight excluding hydrogens is 500 g/mol. The normalized spacial score (nSPS) is 14.3. The van der Waals surface area contributed by atoms with Gasteiger partial charge < -0.3 is 35.8 Å². The largest absolute Gasteiger partial charge is 0.508 e. The average molecular weight is 531 g/mol. The van der Waals surface area contributed by atoms with Gasteiger partial charge in [0.05, 0.1) is 32.2 Å². The number of nitrogens with two attached hydrogens (primary N) is 2. The van der Waals surface area contributed by atoms with Gasteiger partial charge in [-0.2, -0.15) is 9.97 Å².